The molecule has 2 aliphatic heterocycles. The van der Waals surface area contributed by atoms with Crippen molar-refractivity contribution in [3.05, 3.63) is 0 Å². The van der Waals surface area contributed by atoms with Gasteiger partial charge >= 0.3 is 6.18 Å². The second kappa shape index (κ2) is 8.36. The van der Waals surface area contributed by atoms with Crippen LogP contribution in [0.1, 0.15) is 52.4 Å². The Labute approximate surface area is 158 Å². The van der Waals surface area contributed by atoms with Gasteiger partial charge < -0.3 is 9.47 Å². The molecule has 1 aliphatic carbocycles. The number of halogens is 4. The molecule has 27 heavy (non-hydrogen) atoms. The summed E-state index contributed by atoms with van der Waals surface area (Å²) in [5, 5.41) is 0. The lowest BCUT2D eigenvalue weighted by atomic mass is 9.69. The maximum Gasteiger partial charge on any atom is 0.395 e. The summed E-state index contributed by atoms with van der Waals surface area (Å²) < 4.78 is 66.2. The Bertz CT molecular complexity index is 508. The molecular weight excluding hydrogens is 364 g/mol. The number of rotatable bonds is 3. The highest BCUT2D eigenvalue weighted by molar-refractivity contribution is 5.86. The van der Waals surface area contributed by atoms with Crippen molar-refractivity contribution in [2.45, 2.75) is 76.9 Å². The van der Waals surface area contributed by atoms with E-state index in [9.17, 15) is 22.4 Å². The molecule has 0 aromatic carbocycles. The summed E-state index contributed by atoms with van der Waals surface area (Å²) in [7, 11) is 0. The zero-order valence-corrected chi connectivity index (χ0v) is 16.0. The van der Waals surface area contributed by atoms with Crippen molar-refractivity contribution in [3.63, 3.8) is 0 Å². The van der Waals surface area contributed by atoms with Gasteiger partial charge in [-0.25, -0.2) is 4.39 Å². The first-order valence-electron chi connectivity index (χ1n) is 10.2. The maximum absolute atomic E-state index is 14.3. The number of carbonyl (C=O) groups is 1. The smallest absolute Gasteiger partial charge is 0.378 e. The van der Waals surface area contributed by atoms with E-state index in [2.05, 4.69) is 6.92 Å². The Morgan fingerprint density at radius 3 is 2.22 bits per heavy atom. The van der Waals surface area contributed by atoms with Crippen LogP contribution in [0.4, 0.5) is 17.6 Å². The van der Waals surface area contributed by atoms with Gasteiger partial charge in [0.05, 0.1) is 18.6 Å². The first-order valence-corrected chi connectivity index (χ1v) is 10.2. The molecule has 2 saturated heterocycles. The normalized spacial score (nSPS) is 44.1. The number of hydrogen-bond acceptors (Lipinski definition) is 3. The molecule has 3 nitrogen and oxygen atoms in total. The number of carbonyl (C=O) groups excluding carboxylic acids is 1. The first kappa shape index (κ1) is 21.0. The van der Waals surface area contributed by atoms with Crippen LogP contribution in [0.25, 0.3) is 0 Å². The Morgan fingerprint density at radius 2 is 1.67 bits per heavy atom. The van der Waals surface area contributed by atoms with Crippen molar-refractivity contribution in [3.8, 4) is 0 Å². The van der Waals surface area contributed by atoms with Crippen molar-refractivity contribution >= 4 is 5.78 Å². The number of hydrogen-bond donors (Lipinski definition) is 0. The Hall–Kier alpha value is -0.690. The monoisotopic (exact) mass is 394 g/mol. The van der Waals surface area contributed by atoms with Crippen LogP contribution in [0.2, 0.25) is 0 Å². The molecule has 0 radical (unpaired) electrons. The number of alkyl halides is 4. The predicted molar refractivity (Wildman–Crippen MR) is 91.9 cm³/mol. The van der Waals surface area contributed by atoms with Crippen molar-refractivity contribution in [1.82, 2.24) is 0 Å². The fourth-order valence-electron chi connectivity index (χ4n) is 4.89. The Kier molecular flexibility index (Phi) is 6.51. The molecule has 0 spiro atoms. The van der Waals surface area contributed by atoms with Crippen LogP contribution < -0.4 is 0 Å². The average Bonchev–Trinajstić information content (AvgIpc) is 2.63. The minimum atomic E-state index is -4.71. The van der Waals surface area contributed by atoms with E-state index in [4.69, 9.17) is 9.47 Å². The van der Waals surface area contributed by atoms with Crippen molar-refractivity contribution < 1.29 is 31.8 Å². The van der Waals surface area contributed by atoms with E-state index in [1.54, 1.807) is 0 Å². The summed E-state index contributed by atoms with van der Waals surface area (Å²) >= 11 is 0. The maximum atomic E-state index is 14.3. The summed E-state index contributed by atoms with van der Waals surface area (Å²) in [5.41, 5.74) is 0. The zero-order chi connectivity index (χ0) is 19.8. The van der Waals surface area contributed by atoms with Crippen LogP contribution in [0.15, 0.2) is 0 Å². The van der Waals surface area contributed by atoms with Crippen LogP contribution in [-0.4, -0.2) is 43.6 Å². The lowest BCUT2D eigenvalue weighted by Crippen LogP contribution is -2.50. The second-order valence-electron chi connectivity index (χ2n) is 8.79. The first-order chi connectivity index (χ1) is 12.7. The molecule has 0 amide bonds. The quantitative estimate of drug-likeness (QED) is 0.650. The zero-order valence-electron chi connectivity index (χ0n) is 16.0. The molecule has 7 heteroatoms. The topological polar surface area (TPSA) is 35.5 Å². The summed E-state index contributed by atoms with van der Waals surface area (Å²) in [4.78, 5) is 12.8. The van der Waals surface area contributed by atoms with Gasteiger partial charge in [0.1, 0.15) is 12.3 Å². The van der Waals surface area contributed by atoms with E-state index in [0.717, 1.165) is 19.4 Å². The van der Waals surface area contributed by atoms with Crippen molar-refractivity contribution in [1.29, 1.82) is 0 Å². The lowest BCUT2D eigenvalue weighted by Gasteiger charge is -2.41. The standard InChI is InChI=1S/C20H30F4O3/c1-11-3-7-15(26-9-11)13-5-8-16(27-10-13)19(25)14-6-4-12(2)18(21)17(14)20(22,23)24/h11-18H,3-10H2,1-2H3. The molecule has 0 bridgehead atoms. The van der Waals surface area contributed by atoms with E-state index < -0.39 is 42.0 Å². The number of ether oxygens (including phenoxy) is 2. The number of ketones is 1. The van der Waals surface area contributed by atoms with Gasteiger partial charge in [-0.05, 0) is 50.4 Å². The highest BCUT2D eigenvalue weighted by atomic mass is 19.4. The van der Waals surface area contributed by atoms with Crippen LogP contribution >= 0.6 is 0 Å². The molecule has 0 N–H and O–H groups in total. The molecule has 0 aromatic heterocycles. The van der Waals surface area contributed by atoms with Gasteiger partial charge in [-0.15, -0.1) is 0 Å². The average molecular weight is 394 g/mol. The van der Waals surface area contributed by atoms with E-state index in [-0.39, 0.29) is 18.4 Å². The van der Waals surface area contributed by atoms with Crippen molar-refractivity contribution in [2.24, 2.45) is 29.6 Å². The van der Waals surface area contributed by atoms with Crippen LogP contribution in [-0.2, 0) is 14.3 Å². The highest BCUT2D eigenvalue weighted by Crippen LogP contribution is 2.46. The van der Waals surface area contributed by atoms with Gasteiger partial charge in [0, 0.05) is 18.4 Å². The van der Waals surface area contributed by atoms with E-state index in [1.165, 1.54) is 6.92 Å². The fourth-order valence-corrected chi connectivity index (χ4v) is 4.89. The van der Waals surface area contributed by atoms with Crippen LogP contribution in [0.3, 0.4) is 0 Å². The number of Topliss-reactive ketones (excluding diaryl/α,β-unsaturated/α-hetero) is 1. The van der Waals surface area contributed by atoms with E-state index in [1.807, 2.05) is 0 Å². The third-order valence-corrected chi connectivity index (χ3v) is 6.69. The van der Waals surface area contributed by atoms with Gasteiger partial charge in [0.25, 0.3) is 0 Å². The third-order valence-electron chi connectivity index (χ3n) is 6.69. The largest absolute Gasteiger partial charge is 0.395 e. The molecule has 1 saturated carbocycles. The summed E-state index contributed by atoms with van der Waals surface area (Å²) in [6.45, 7) is 4.67. The molecule has 8 atom stereocenters. The van der Waals surface area contributed by atoms with Gasteiger partial charge in [-0.1, -0.05) is 13.8 Å². The van der Waals surface area contributed by atoms with Gasteiger partial charge in [-0.2, -0.15) is 13.2 Å². The molecular formula is C20H30F4O3. The predicted octanol–water partition coefficient (Wildman–Crippen LogP) is 4.73. The van der Waals surface area contributed by atoms with Gasteiger partial charge in [0.15, 0.2) is 5.78 Å². The third kappa shape index (κ3) is 4.66. The summed E-state index contributed by atoms with van der Waals surface area (Å²) in [6, 6.07) is 0. The van der Waals surface area contributed by atoms with Crippen molar-refractivity contribution in [2.75, 3.05) is 13.2 Å². The summed E-state index contributed by atoms with van der Waals surface area (Å²) in [5.74, 6) is -4.06. The lowest BCUT2D eigenvalue weighted by molar-refractivity contribution is -0.222. The molecule has 3 aliphatic rings. The van der Waals surface area contributed by atoms with Crippen LogP contribution in [0, 0.1) is 29.6 Å². The molecule has 156 valence electrons. The van der Waals surface area contributed by atoms with E-state index >= 15 is 0 Å². The Morgan fingerprint density at radius 1 is 0.926 bits per heavy atom. The van der Waals surface area contributed by atoms with Gasteiger partial charge in [-0.3, -0.25) is 4.79 Å². The summed E-state index contributed by atoms with van der Waals surface area (Å²) in [6.07, 6.45) is -3.96. The molecule has 0 aromatic rings. The Balaban J connectivity index is 1.59. The molecule has 8 unspecified atom stereocenters. The van der Waals surface area contributed by atoms with Crippen LogP contribution in [0.5, 0.6) is 0 Å². The van der Waals surface area contributed by atoms with Gasteiger partial charge in [0.2, 0.25) is 0 Å². The van der Waals surface area contributed by atoms with E-state index in [0.29, 0.717) is 31.8 Å². The molecule has 3 rings (SSSR count). The SMILES string of the molecule is CC1CCC(C2CCC(C(=O)C3CCC(C)C(F)C3C(F)(F)F)OC2)OC1. The minimum absolute atomic E-state index is 0.0809. The molecule has 2 heterocycles. The minimum Gasteiger partial charge on any atom is -0.378 e. The highest BCUT2D eigenvalue weighted by Gasteiger charge is 2.56. The second-order valence-corrected chi connectivity index (χ2v) is 8.79. The molecule has 3 fully saturated rings. The fraction of sp³-hybridized carbons (Fsp3) is 0.950.